The standard InChI is InChI=1S/C52H90N4O8/c1-7-13-19-25-33-59-45-39-43(40-46(60-34-26-20-14-8-2)49(45)63-37-29-23-17-11-5)51(57)55-53-31-32-54-56-52(58)44-41-47(61-35-27-21-15-9-3)50(64-38-30-24-18-12-6)48(42-44)62-36-28-22-16-10-4/h39-42,53-54H,7-38H2,1-6H3,(H,55,57)(H,56,58). The van der Waals surface area contributed by atoms with E-state index in [4.69, 9.17) is 28.4 Å². The fraction of sp³-hybridized carbons (Fsp3) is 0.731. The van der Waals surface area contributed by atoms with Crippen LogP contribution in [0.25, 0.3) is 0 Å². The van der Waals surface area contributed by atoms with Gasteiger partial charge in [0.05, 0.1) is 39.6 Å². The minimum atomic E-state index is -0.331. The van der Waals surface area contributed by atoms with Crippen molar-refractivity contribution in [2.45, 2.75) is 196 Å². The molecule has 366 valence electrons. The first kappa shape index (κ1) is 56.2. The Labute approximate surface area is 388 Å². The molecule has 0 unspecified atom stereocenters. The van der Waals surface area contributed by atoms with Crippen molar-refractivity contribution >= 4 is 11.8 Å². The van der Waals surface area contributed by atoms with Crippen molar-refractivity contribution in [3.63, 3.8) is 0 Å². The molecule has 0 heterocycles. The first-order valence-electron chi connectivity index (χ1n) is 25.6. The number of hydrogen-bond donors (Lipinski definition) is 4. The highest BCUT2D eigenvalue weighted by Gasteiger charge is 2.21. The van der Waals surface area contributed by atoms with E-state index in [2.05, 4.69) is 63.2 Å². The molecule has 0 aliphatic rings. The van der Waals surface area contributed by atoms with E-state index in [1.165, 1.54) is 0 Å². The molecule has 0 aliphatic heterocycles. The molecule has 4 N–H and O–H groups in total. The fourth-order valence-corrected chi connectivity index (χ4v) is 6.93. The zero-order valence-corrected chi connectivity index (χ0v) is 41.2. The highest BCUT2D eigenvalue weighted by molar-refractivity contribution is 5.96. The van der Waals surface area contributed by atoms with Gasteiger partial charge in [-0.05, 0) is 62.8 Å². The van der Waals surface area contributed by atoms with Crippen LogP contribution in [0.4, 0.5) is 0 Å². The minimum absolute atomic E-state index is 0.329. The van der Waals surface area contributed by atoms with Crippen LogP contribution in [0.5, 0.6) is 34.5 Å². The van der Waals surface area contributed by atoms with E-state index in [9.17, 15) is 9.59 Å². The summed E-state index contributed by atoms with van der Waals surface area (Å²) in [6.07, 6.45) is 25.8. The fourth-order valence-electron chi connectivity index (χ4n) is 6.93. The average Bonchev–Trinajstić information content (AvgIpc) is 3.30. The van der Waals surface area contributed by atoms with Crippen molar-refractivity contribution in [1.82, 2.24) is 21.7 Å². The maximum Gasteiger partial charge on any atom is 0.265 e. The van der Waals surface area contributed by atoms with E-state index in [0.717, 1.165) is 154 Å². The molecule has 2 aromatic carbocycles. The Morgan fingerprint density at radius 2 is 0.578 bits per heavy atom. The van der Waals surface area contributed by atoms with E-state index in [1.54, 1.807) is 24.3 Å². The lowest BCUT2D eigenvalue weighted by molar-refractivity contribution is 0.0915. The van der Waals surface area contributed by atoms with E-state index < -0.39 is 0 Å². The average molecular weight is 899 g/mol. The molecule has 0 radical (unpaired) electrons. The molecule has 0 bridgehead atoms. The summed E-state index contributed by atoms with van der Waals surface area (Å²) in [5, 5.41) is 0. The third-order valence-electron chi connectivity index (χ3n) is 10.9. The van der Waals surface area contributed by atoms with E-state index in [0.29, 0.717) is 98.4 Å². The normalized spacial score (nSPS) is 11.0. The van der Waals surface area contributed by atoms with E-state index in [-0.39, 0.29) is 11.8 Å². The number of hydrogen-bond acceptors (Lipinski definition) is 10. The van der Waals surface area contributed by atoms with Gasteiger partial charge in [-0.2, -0.15) is 0 Å². The van der Waals surface area contributed by atoms with Crippen LogP contribution in [-0.2, 0) is 0 Å². The van der Waals surface area contributed by atoms with Gasteiger partial charge in [0.25, 0.3) is 11.8 Å². The zero-order chi connectivity index (χ0) is 46.3. The quantitative estimate of drug-likeness (QED) is 0.0376. The van der Waals surface area contributed by atoms with Gasteiger partial charge >= 0.3 is 0 Å². The molecule has 0 aliphatic carbocycles. The molecule has 12 nitrogen and oxygen atoms in total. The van der Waals surface area contributed by atoms with Crippen LogP contribution in [0, 0.1) is 0 Å². The van der Waals surface area contributed by atoms with E-state index >= 15 is 0 Å². The molecular weight excluding hydrogens is 809 g/mol. The molecule has 0 spiro atoms. The Balaban J connectivity index is 2.15. The molecule has 64 heavy (non-hydrogen) atoms. The van der Waals surface area contributed by atoms with Crippen LogP contribution < -0.4 is 50.1 Å². The molecule has 0 saturated carbocycles. The number of carbonyl (C=O) groups excluding carboxylic acids is 2. The third-order valence-corrected chi connectivity index (χ3v) is 10.9. The van der Waals surface area contributed by atoms with Crippen LogP contribution >= 0.6 is 0 Å². The summed E-state index contributed by atoms with van der Waals surface area (Å²) in [5.41, 5.74) is 12.4. The van der Waals surface area contributed by atoms with Crippen molar-refractivity contribution in [3.8, 4) is 34.5 Å². The monoisotopic (exact) mass is 899 g/mol. The van der Waals surface area contributed by atoms with Crippen molar-refractivity contribution in [2.75, 3.05) is 52.7 Å². The predicted octanol–water partition coefficient (Wildman–Crippen LogP) is 12.6. The zero-order valence-electron chi connectivity index (χ0n) is 41.2. The molecule has 2 aromatic rings. The highest BCUT2D eigenvalue weighted by atomic mass is 16.5. The Bertz CT molecular complexity index is 1310. The summed E-state index contributed by atoms with van der Waals surface area (Å²) >= 11 is 0. The van der Waals surface area contributed by atoms with Gasteiger partial charge in [0.15, 0.2) is 23.0 Å². The number of rotatable bonds is 43. The molecule has 0 fully saturated rings. The highest BCUT2D eigenvalue weighted by Crippen LogP contribution is 2.41. The number of amides is 2. The Kier molecular flexibility index (Phi) is 33.7. The molecule has 0 atom stereocenters. The van der Waals surface area contributed by atoms with Crippen LogP contribution in [0.1, 0.15) is 216 Å². The predicted molar refractivity (Wildman–Crippen MR) is 262 cm³/mol. The van der Waals surface area contributed by atoms with Crippen molar-refractivity contribution in [3.05, 3.63) is 35.4 Å². The Morgan fingerprint density at radius 1 is 0.344 bits per heavy atom. The summed E-state index contributed by atoms with van der Waals surface area (Å²) in [4.78, 5) is 27.1. The molecule has 2 amide bonds. The first-order chi connectivity index (χ1) is 31.4. The lowest BCUT2D eigenvalue weighted by Crippen LogP contribution is -2.45. The molecule has 0 aromatic heterocycles. The number of carbonyl (C=O) groups is 2. The second-order valence-corrected chi connectivity index (χ2v) is 16.8. The Morgan fingerprint density at radius 3 is 0.812 bits per heavy atom. The lowest BCUT2D eigenvalue weighted by atomic mass is 10.1. The summed E-state index contributed by atoms with van der Waals surface area (Å²) in [6.45, 7) is 17.0. The number of hydrazine groups is 2. The van der Waals surface area contributed by atoms with Gasteiger partial charge in [-0.1, -0.05) is 157 Å². The first-order valence-corrected chi connectivity index (χ1v) is 25.6. The number of benzene rings is 2. The van der Waals surface area contributed by atoms with Gasteiger partial charge in [0, 0.05) is 24.2 Å². The number of unbranched alkanes of at least 4 members (excludes halogenated alkanes) is 18. The van der Waals surface area contributed by atoms with Crippen LogP contribution in [0.15, 0.2) is 24.3 Å². The summed E-state index contributed by atoms with van der Waals surface area (Å²) < 4.78 is 37.8. The topological polar surface area (TPSA) is 138 Å². The number of nitrogens with one attached hydrogen (secondary N) is 4. The minimum Gasteiger partial charge on any atom is -0.490 e. The van der Waals surface area contributed by atoms with Gasteiger partial charge in [-0.15, -0.1) is 0 Å². The van der Waals surface area contributed by atoms with Gasteiger partial charge in [0.2, 0.25) is 11.5 Å². The van der Waals surface area contributed by atoms with Gasteiger partial charge in [0.1, 0.15) is 0 Å². The smallest absolute Gasteiger partial charge is 0.265 e. The van der Waals surface area contributed by atoms with Gasteiger partial charge in [-0.25, -0.2) is 10.9 Å². The third kappa shape index (κ3) is 25.0. The maximum absolute atomic E-state index is 13.6. The van der Waals surface area contributed by atoms with Crippen LogP contribution in [0.2, 0.25) is 0 Å². The summed E-state index contributed by atoms with van der Waals surface area (Å²) in [6, 6.07) is 6.98. The van der Waals surface area contributed by atoms with Crippen LogP contribution in [0.3, 0.4) is 0 Å². The van der Waals surface area contributed by atoms with Gasteiger partial charge < -0.3 is 28.4 Å². The van der Waals surface area contributed by atoms with Gasteiger partial charge in [-0.3, -0.25) is 20.4 Å². The SMILES string of the molecule is CCCCCCOc1cc(C(=O)NNCCNNC(=O)c2cc(OCCCCCC)c(OCCCCCC)c(OCCCCCC)c2)cc(OCCCCCC)c1OCCCCCC. The van der Waals surface area contributed by atoms with Crippen LogP contribution in [-0.4, -0.2) is 64.5 Å². The summed E-state index contributed by atoms with van der Waals surface area (Å²) in [7, 11) is 0. The lowest BCUT2D eigenvalue weighted by Gasteiger charge is -2.19. The number of ether oxygens (including phenoxy) is 6. The van der Waals surface area contributed by atoms with E-state index in [1.807, 2.05) is 0 Å². The summed E-state index contributed by atoms with van der Waals surface area (Å²) in [5.74, 6) is 2.55. The van der Waals surface area contributed by atoms with Crippen molar-refractivity contribution in [2.24, 2.45) is 0 Å². The molecule has 0 saturated heterocycles. The van der Waals surface area contributed by atoms with Crippen molar-refractivity contribution in [1.29, 1.82) is 0 Å². The molecule has 12 heteroatoms. The van der Waals surface area contributed by atoms with Crippen molar-refractivity contribution < 1.29 is 38.0 Å². The molecular formula is C52H90N4O8. The largest absolute Gasteiger partial charge is 0.490 e. The second kappa shape index (κ2) is 38.4. The Hall–Kier alpha value is -3.90. The second-order valence-electron chi connectivity index (χ2n) is 16.8. The molecule has 2 rings (SSSR count). The maximum atomic E-state index is 13.6.